The molecule has 2 amide bonds. The molecule has 0 atom stereocenters. The molecule has 2 fully saturated rings. The van der Waals surface area contributed by atoms with Crippen LogP contribution >= 0.6 is 0 Å². The van der Waals surface area contributed by atoms with Crippen molar-refractivity contribution in [2.45, 2.75) is 31.8 Å². The lowest BCUT2D eigenvalue weighted by molar-refractivity contribution is -0.117. The molecule has 1 aromatic rings. The second-order valence-electron chi connectivity index (χ2n) is 6.07. The van der Waals surface area contributed by atoms with Gasteiger partial charge in [-0.2, -0.15) is 0 Å². The molecule has 0 bridgehead atoms. The maximum absolute atomic E-state index is 12.4. The number of ether oxygens (including phenoxy) is 1. The summed E-state index contributed by atoms with van der Waals surface area (Å²) in [4.78, 5) is 26.0. The van der Waals surface area contributed by atoms with Gasteiger partial charge in [-0.15, -0.1) is 0 Å². The highest BCUT2D eigenvalue weighted by Gasteiger charge is 2.29. The summed E-state index contributed by atoms with van der Waals surface area (Å²) in [6, 6.07) is 7.17. The maximum Gasteiger partial charge on any atom is 0.253 e. The summed E-state index contributed by atoms with van der Waals surface area (Å²) in [6.07, 6.45) is 4.01. The second kappa shape index (κ2) is 6.48. The van der Waals surface area contributed by atoms with E-state index in [2.05, 4.69) is 5.32 Å². The third kappa shape index (κ3) is 3.47. The van der Waals surface area contributed by atoms with E-state index in [9.17, 15) is 9.59 Å². The Morgan fingerprint density at radius 3 is 2.27 bits per heavy atom. The average molecular weight is 302 g/mol. The first-order valence-corrected chi connectivity index (χ1v) is 7.90. The minimum atomic E-state index is 0.0506. The Morgan fingerprint density at radius 2 is 1.73 bits per heavy atom. The van der Waals surface area contributed by atoms with Gasteiger partial charge in [0.15, 0.2) is 0 Å². The number of amides is 2. The molecule has 1 aromatic carbocycles. The zero-order valence-corrected chi connectivity index (χ0v) is 12.9. The van der Waals surface area contributed by atoms with Crippen molar-refractivity contribution in [2.24, 2.45) is 5.92 Å². The van der Waals surface area contributed by atoms with Gasteiger partial charge in [0.05, 0.1) is 6.10 Å². The molecule has 1 aliphatic heterocycles. The van der Waals surface area contributed by atoms with Gasteiger partial charge in [0.1, 0.15) is 0 Å². The molecular weight excluding hydrogens is 280 g/mol. The number of carbonyl (C=O) groups is 2. The summed E-state index contributed by atoms with van der Waals surface area (Å²) in [7, 11) is 1.72. The molecule has 2 aliphatic rings. The summed E-state index contributed by atoms with van der Waals surface area (Å²) in [5.74, 6) is 0.318. The van der Waals surface area contributed by atoms with Crippen molar-refractivity contribution < 1.29 is 14.3 Å². The fraction of sp³-hybridized carbons (Fsp3) is 0.529. The van der Waals surface area contributed by atoms with Crippen molar-refractivity contribution in [2.75, 3.05) is 25.5 Å². The average Bonchev–Trinajstić information content (AvgIpc) is 3.40. The fourth-order valence-electron chi connectivity index (χ4n) is 2.76. The van der Waals surface area contributed by atoms with Crippen molar-refractivity contribution in [1.29, 1.82) is 0 Å². The first kappa shape index (κ1) is 15.0. The van der Waals surface area contributed by atoms with Crippen LogP contribution in [0.15, 0.2) is 24.3 Å². The van der Waals surface area contributed by atoms with Gasteiger partial charge >= 0.3 is 0 Å². The van der Waals surface area contributed by atoms with E-state index >= 15 is 0 Å². The van der Waals surface area contributed by atoms with E-state index in [1.807, 2.05) is 4.90 Å². The molecule has 1 saturated carbocycles. The summed E-state index contributed by atoms with van der Waals surface area (Å²) < 4.78 is 5.32. The van der Waals surface area contributed by atoms with Crippen LogP contribution in [0, 0.1) is 5.92 Å². The molecule has 0 radical (unpaired) electrons. The van der Waals surface area contributed by atoms with E-state index in [-0.39, 0.29) is 23.8 Å². The molecule has 5 heteroatoms. The van der Waals surface area contributed by atoms with Gasteiger partial charge in [-0.05, 0) is 49.9 Å². The quantitative estimate of drug-likeness (QED) is 0.928. The zero-order valence-electron chi connectivity index (χ0n) is 12.9. The Balaban J connectivity index is 1.57. The van der Waals surface area contributed by atoms with Crippen molar-refractivity contribution in [3.8, 4) is 0 Å². The smallest absolute Gasteiger partial charge is 0.253 e. The Bertz CT molecular complexity index is 544. The van der Waals surface area contributed by atoms with Gasteiger partial charge in [0, 0.05) is 37.4 Å². The van der Waals surface area contributed by atoms with Gasteiger partial charge in [-0.3, -0.25) is 9.59 Å². The predicted octanol–water partition coefficient (Wildman–Crippen LogP) is 2.29. The number of likely N-dealkylation sites (tertiary alicyclic amines) is 1. The van der Waals surface area contributed by atoms with E-state index in [0.717, 1.165) is 44.5 Å². The van der Waals surface area contributed by atoms with Crippen LogP contribution in [-0.2, 0) is 9.53 Å². The molecule has 1 saturated heterocycles. The molecule has 3 rings (SSSR count). The lowest BCUT2D eigenvalue weighted by atomic mass is 10.1. The molecule has 1 heterocycles. The van der Waals surface area contributed by atoms with Crippen LogP contribution in [0.25, 0.3) is 0 Å². The molecule has 0 aromatic heterocycles. The van der Waals surface area contributed by atoms with Crippen molar-refractivity contribution in [3.63, 3.8) is 0 Å². The molecule has 22 heavy (non-hydrogen) atoms. The monoisotopic (exact) mass is 302 g/mol. The van der Waals surface area contributed by atoms with Crippen LogP contribution in [0.4, 0.5) is 5.69 Å². The van der Waals surface area contributed by atoms with E-state index in [1.54, 1.807) is 31.4 Å². The Hall–Kier alpha value is -1.88. The Morgan fingerprint density at radius 1 is 1.09 bits per heavy atom. The number of methoxy groups -OCH3 is 1. The molecule has 1 N–H and O–H groups in total. The lowest BCUT2D eigenvalue weighted by Gasteiger charge is -2.31. The van der Waals surface area contributed by atoms with Crippen molar-refractivity contribution in [1.82, 2.24) is 4.90 Å². The van der Waals surface area contributed by atoms with E-state index < -0.39 is 0 Å². The number of rotatable bonds is 4. The largest absolute Gasteiger partial charge is 0.381 e. The van der Waals surface area contributed by atoms with Crippen LogP contribution < -0.4 is 5.32 Å². The number of hydrogen-bond acceptors (Lipinski definition) is 3. The van der Waals surface area contributed by atoms with E-state index in [0.29, 0.717) is 5.56 Å². The van der Waals surface area contributed by atoms with E-state index in [1.165, 1.54) is 0 Å². The first-order valence-electron chi connectivity index (χ1n) is 7.90. The Kier molecular flexibility index (Phi) is 4.43. The van der Waals surface area contributed by atoms with Crippen LogP contribution in [0.5, 0.6) is 0 Å². The van der Waals surface area contributed by atoms with Crippen LogP contribution in [-0.4, -0.2) is 43.0 Å². The summed E-state index contributed by atoms with van der Waals surface area (Å²) in [5, 5.41) is 2.88. The Labute approximate surface area is 130 Å². The highest BCUT2D eigenvalue weighted by Crippen LogP contribution is 2.30. The summed E-state index contributed by atoms with van der Waals surface area (Å²) >= 11 is 0. The van der Waals surface area contributed by atoms with E-state index in [4.69, 9.17) is 4.74 Å². The van der Waals surface area contributed by atoms with Gasteiger partial charge < -0.3 is 15.0 Å². The number of nitrogens with zero attached hydrogens (tertiary/aromatic N) is 1. The van der Waals surface area contributed by atoms with Crippen LogP contribution in [0.2, 0.25) is 0 Å². The molecule has 1 aliphatic carbocycles. The number of hydrogen-bond donors (Lipinski definition) is 1. The van der Waals surface area contributed by atoms with Crippen LogP contribution in [0.1, 0.15) is 36.0 Å². The highest BCUT2D eigenvalue weighted by atomic mass is 16.5. The second-order valence-corrected chi connectivity index (χ2v) is 6.07. The number of anilines is 1. The molecule has 0 spiro atoms. The third-order valence-corrected chi connectivity index (χ3v) is 4.41. The SMILES string of the molecule is COC1CCN(C(=O)c2ccc(NC(=O)C3CC3)cc2)CC1. The number of nitrogens with one attached hydrogen (secondary N) is 1. The number of carbonyl (C=O) groups excluding carboxylic acids is 2. The molecule has 118 valence electrons. The standard InChI is InChI=1S/C17H22N2O3/c1-22-15-8-10-19(11-9-15)17(21)13-4-6-14(7-5-13)18-16(20)12-2-3-12/h4-7,12,15H,2-3,8-11H2,1H3,(H,18,20). The zero-order chi connectivity index (χ0) is 15.5. The third-order valence-electron chi connectivity index (χ3n) is 4.41. The fourth-order valence-corrected chi connectivity index (χ4v) is 2.76. The highest BCUT2D eigenvalue weighted by molar-refractivity contribution is 5.96. The normalized spacial score (nSPS) is 19.0. The van der Waals surface area contributed by atoms with Gasteiger partial charge in [-0.25, -0.2) is 0 Å². The lowest BCUT2D eigenvalue weighted by Crippen LogP contribution is -2.40. The number of piperidine rings is 1. The number of benzene rings is 1. The molecule has 0 unspecified atom stereocenters. The minimum absolute atomic E-state index is 0.0506. The molecule has 5 nitrogen and oxygen atoms in total. The topological polar surface area (TPSA) is 58.6 Å². The van der Waals surface area contributed by atoms with Crippen molar-refractivity contribution in [3.05, 3.63) is 29.8 Å². The van der Waals surface area contributed by atoms with Gasteiger partial charge in [0.25, 0.3) is 5.91 Å². The summed E-state index contributed by atoms with van der Waals surface area (Å²) in [6.45, 7) is 1.47. The first-order chi connectivity index (χ1) is 10.7. The minimum Gasteiger partial charge on any atom is -0.381 e. The van der Waals surface area contributed by atoms with Crippen molar-refractivity contribution >= 4 is 17.5 Å². The van der Waals surface area contributed by atoms with Gasteiger partial charge in [0.2, 0.25) is 5.91 Å². The molecular formula is C17H22N2O3. The van der Waals surface area contributed by atoms with Gasteiger partial charge in [-0.1, -0.05) is 0 Å². The van der Waals surface area contributed by atoms with Crippen LogP contribution in [0.3, 0.4) is 0 Å². The maximum atomic E-state index is 12.4. The summed E-state index contributed by atoms with van der Waals surface area (Å²) in [5.41, 5.74) is 1.42. The predicted molar refractivity (Wildman–Crippen MR) is 83.7 cm³/mol.